The molecule has 0 aliphatic carbocycles. The number of carbonyl (C=O) groups excluding carboxylic acids is 2. The highest BCUT2D eigenvalue weighted by Crippen LogP contribution is 2.27. The second kappa shape index (κ2) is 3.72. The number of esters is 1. The van der Waals surface area contributed by atoms with Crippen molar-refractivity contribution < 1.29 is 34.1 Å². The van der Waals surface area contributed by atoms with Gasteiger partial charge in [0.2, 0.25) is 5.60 Å². The van der Waals surface area contributed by atoms with E-state index in [1.165, 1.54) is 0 Å². The zero-order valence-corrected chi connectivity index (χ0v) is 7.00. The van der Waals surface area contributed by atoms with E-state index in [0.717, 1.165) is 0 Å². The number of hydrogen-bond donors (Lipinski definition) is 2. The van der Waals surface area contributed by atoms with Gasteiger partial charge in [-0.2, -0.15) is 0 Å². The minimum atomic E-state index is -2.11. The van der Waals surface area contributed by atoms with Gasteiger partial charge in [-0.3, -0.25) is 0 Å². The van der Waals surface area contributed by atoms with E-state index in [1.807, 2.05) is 0 Å². The molecule has 0 aromatic heterocycles. The lowest BCUT2D eigenvalue weighted by atomic mass is 9.93. The lowest BCUT2D eigenvalue weighted by molar-refractivity contribution is -0.171. The Morgan fingerprint density at radius 1 is 1.71 bits per heavy atom. The van der Waals surface area contributed by atoms with Crippen LogP contribution in [0.3, 0.4) is 0 Å². The molecule has 14 heavy (non-hydrogen) atoms. The van der Waals surface area contributed by atoms with Crippen LogP contribution < -0.4 is 0 Å². The van der Waals surface area contributed by atoms with Crippen molar-refractivity contribution in [2.45, 2.75) is 18.1 Å². The molecule has 1 saturated heterocycles. The van der Waals surface area contributed by atoms with E-state index < -0.39 is 36.9 Å². The van der Waals surface area contributed by atoms with Crippen LogP contribution in [0.4, 0.5) is 0 Å². The van der Waals surface area contributed by atoms with Gasteiger partial charge in [0, 0.05) is 6.42 Å². The highest BCUT2D eigenvalue weighted by molar-refractivity contribution is 5.91. The maximum atomic E-state index is 11.1. The maximum Gasteiger partial charge on any atom is 0.344 e. The molecular formula is C7H8O7. The number of aldehydes is 1. The van der Waals surface area contributed by atoms with E-state index in [-0.39, 0.29) is 0 Å². The monoisotopic (exact) mass is 204 g/mol. The molecular weight excluding hydrogens is 196 g/mol. The van der Waals surface area contributed by atoms with Crippen LogP contribution in [-0.4, -0.2) is 46.9 Å². The Labute approximate surface area is 78.2 Å². The number of cyclic esters (lactones) is 1. The summed E-state index contributed by atoms with van der Waals surface area (Å²) in [5.74, 6) is -2.69. The summed E-state index contributed by atoms with van der Waals surface area (Å²) < 4.78 is 9.03. The fourth-order valence-corrected chi connectivity index (χ4v) is 1.14. The predicted molar refractivity (Wildman–Crippen MR) is 39.1 cm³/mol. The minimum Gasteiger partial charge on any atom is -0.479 e. The number of ether oxygens (including phenoxy) is 2. The molecule has 2 unspecified atom stereocenters. The molecule has 0 saturated carbocycles. The highest BCUT2D eigenvalue weighted by Gasteiger charge is 2.55. The van der Waals surface area contributed by atoms with E-state index in [0.29, 0.717) is 6.29 Å². The van der Waals surface area contributed by atoms with Crippen molar-refractivity contribution in [3.05, 3.63) is 0 Å². The second-order valence-electron chi connectivity index (χ2n) is 2.70. The third-order valence-electron chi connectivity index (χ3n) is 1.91. The Hall–Kier alpha value is -1.47. The van der Waals surface area contributed by atoms with Gasteiger partial charge in [-0.05, 0) is 0 Å². The van der Waals surface area contributed by atoms with Crippen LogP contribution in [0.5, 0.6) is 0 Å². The minimum absolute atomic E-state index is 0.290. The van der Waals surface area contributed by atoms with E-state index in [2.05, 4.69) is 9.47 Å². The first-order chi connectivity index (χ1) is 6.54. The van der Waals surface area contributed by atoms with Crippen LogP contribution in [0.1, 0.15) is 6.42 Å². The van der Waals surface area contributed by atoms with Gasteiger partial charge in [-0.1, -0.05) is 0 Å². The summed E-state index contributed by atoms with van der Waals surface area (Å²) >= 11 is 0. The van der Waals surface area contributed by atoms with Crippen molar-refractivity contribution in [1.82, 2.24) is 0 Å². The summed E-state index contributed by atoms with van der Waals surface area (Å²) in [6, 6.07) is 0. The molecule has 2 atom stereocenters. The molecule has 0 amide bonds. The summed E-state index contributed by atoms with van der Waals surface area (Å²) in [5.41, 5.74) is -2.09. The summed E-state index contributed by atoms with van der Waals surface area (Å²) in [4.78, 5) is 31.8. The van der Waals surface area contributed by atoms with Gasteiger partial charge in [0.1, 0.15) is 6.29 Å². The number of aliphatic hydroxyl groups is 1. The average Bonchev–Trinajstić information content (AvgIpc) is 2.48. The number of carboxylic acid groups (broad SMARTS) is 1. The first kappa shape index (κ1) is 10.6. The fourth-order valence-electron chi connectivity index (χ4n) is 1.14. The zero-order valence-electron chi connectivity index (χ0n) is 7.00. The Balaban J connectivity index is 2.97. The first-order valence-electron chi connectivity index (χ1n) is 3.70. The SMILES string of the molecule is O=CCC1(C(O)C(=O)O)OCOC1=O. The largest absolute Gasteiger partial charge is 0.479 e. The number of hydrogen-bond acceptors (Lipinski definition) is 6. The van der Waals surface area contributed by atoms with Gasteiger partial charge in [0.25, 0.3) is 0 Å². The summed E-state index contributed by atoms with van der Waals surface area (Å²) in [7, 11) is 0. The predicted octanol–water partition coefficient (Wildman–Crippen LogP) is -1.71. The van der Waals surface area contributed by atoms with E-state index >= 15 is 0 Å². The molecule has 1 fully saturated rings. The van der Waals surface area contributed by atoms with Gasteiger partial charge < -0.3 is 24.5 Å². The summed E-state index contributed by atoms with van der Waals surface area (Å²) in [6.07, 6.45) is -2.37. The molecule has 1 aliphatic heterocycles. The van der Waals surface area contributed by atoms with Gasteiger partial charge in [0.05, 0.1) is 0 Å². The van der Waals surface area contributed by atoms with Crippen molar-refractivity contribution >= 4 is 18.2 Å². The van der Waals surface area contributed by atoms with Crippen LogP contribution in [0, 0.1) is 0 Å². The highest BCUT2D eigenvalue weighted by atomic mass is 16.7. The van der Waals surface area contributed by atoms with Gasteiger partial charge in [0.15, 0.2) is 12.9 Å². The summed E-state index contributed by atoms with van der Waals surface area (Å²) in [5, 5.41) is 17.7. The first-order valence-corrected chi connectivity index (χ1v) is 3.70. The third kappa shape index (κ3) is 1.47. The Morgan fingerprint density at radius 2 is 2.36 bits per heavy atom. The molecule has 2 N–H and O–H groups in total. The molecule has 1 heterocycles. The second-order valence-corrected chi connectivity index (χ2v) is 2.70. The molecule has 0 radical (unpaired) electrons. The molecule has 78 valence electrons. The van der Waals surface area contributed by atoms with Crippen LogP contribution in [0.15, 0.2) is 0 Å². The molecule has 0 aromatic rings. The fraction of sp³-hybridized carbons (Fsp3) is 0.571. The number of aliphatic hydroxyl groups excluding tert-OH is 1. The number of aliphatic carboxylic acids is 1. The molecule has 7 nitrogen and oxygen atoms in total. The molecule has 1 rings (SSSR count). The lowest BCUT2D eigenvalue weighted by Crippen LogP contribution is -2.52. The molecule has 1 aliphatic rings. The van der Waals surface area contributed by atoms with E-state index in [4.69, 9.17) is 5.11 Å². The standard InChI is InChI=1S/C7H8O7/c8-2-1-7(4(9)5(10)11)6(12)13-3-14-7/h2,4,9H,1,3H2,(H,10,11). The molecule has 0 aromatic carbocycles. The number of rotatable bonds is 4. The molecule has 0 spiro atoms. The number of carbonyl (C=O) groups is 3. The lowest BCUT2D eigenvalue weighted by Gasteiger charge is -2.23. The van der Waals surface area contributed by atoms with Crippen LogP contribution in [0.25, 0.3) is 0 Å². The molecule has 0 bridgehead atoms. The quantitative estimate of drug-likeness (QED) is 0.414. The van der Waals surface area contributed by atoms with Crippen LogP contribution >= 0.6 is 0 Å². The van der Waals surface area contributed by atoms with Crippen molar-refractivity contribution in [1.29, 1.82) is 0 Å². The van der Waals surface area contributed by atoms with Gasteiger partial charge >= 0.3 is 11.9 Å². The maximum absolute atomic E-state index is 11.1. The smallest absolute Gasteiger partial charge is 0.344 e. The van der Waals surface area contributed by atoms with Crippen LogP contribution in [-0.2, 0) is 23.9 Å². The van der Waals surface area contributed by atoms with Crippen molar-refractivity contribution in [3.8, 4) is 0 Å². The van der Waals surface area contributed by atoms with Crippen molar-refractivity contribution in [2.24, 2.45) is 0 Å². The van der Waals surface area contributed by atoms with Gasteiger partial charge in [-0.25, -0.2) is 9.59 Å². The Bertz CT molecular complexity index is 273. The topological polar surface area (TPSA) is 110 Å². The number of carboxylic acids is 1. The third-order valence-corrected chi connectivity index (χ3v) is 1.91. The van der Waals surface area contributed by atoms with Crippen molar-refractivity contribution in [2.75, 3.05) is 6.79 Å². The summed E-state index contributed by atoms with van der Waals surface area (Å²) in [6.45, 7) is -0.461. The Kier molecular flexibility index (Phi) is 2.82. The van der Waals surface area contributed by atoms with Gasteiger partial charge in [-0.15, -0.1) is 0 Å². The normalized spacial score (nSPS) is 28.2. The van der Waals surface area contributed by atoms with Crippen molar-refractivity contribution in [3.63, 3.8) is 0 Å². The Morgan fingerprint density at radius 3 is 2.71 bits per heavy atom. The zero-order chi connectivity index (χ0) is 10.8. The average molecular weight is 204 g/mol. The molecule has 7 heteroatoms. The van der Waals surface area contributed by atoms with E-state index in [9.17, 15) is 19.5 Å². The van der Waals surface area contributed by atoms with E-state index in [1.54, 1.807) is 0 Å². The van der Waals surface area contributed by atoms with Crippen LogP contribution in [0.2, 0.25) is 0 Å².